The van der Waals surface area contributed by atoms with Gasteiger partial charge in [0.25, 0.3) is 0 Å². The van der Waals surface area contributed by atoms with Gasteiger partial charge in [0.1, 0.15) is 5.75 Å². The number of hydrogen-bond acceptors (Lipinski definition) is 5. The van der Waals surface area contributed by atoms with Crippen LogP contribution in [-0.4, -0.2) is 36.7 Å². The highest BCUT2D eigenvalue weighted by molar-refractivity contribution is 9.10. The minimum Gasteiger partial charge on any atom is -0.507 e. The Bertz CT molecular complexity index is 687. The third-order valence-corrected chi connectivity index (χ3v) is 4.00. The largest absolute Gasteiger partial charge is 0.507 e. The van der Waals surface area contributed by atoms with Crippen molar-refractivity contribution in [2.45, 2.75) is 11.7 Å². The first kappa shape index (κ1) is 15.6. The topological polar surface area (TPSA) is 88.2 Å². The Kier molecular flexibility index (Phi) is 5.03. The van der Waals surface area contributed by atoms with E-state index in [1.165, 1.54) is 0 Å². The number of phenols is 1. The van der Waals surface area contributed by atoms with Crippen molar-refractivity contribution in [3.05, 3.63) is 35.3 Å². The van der Waals surface area contributed by atoms with E-state index < -0.39 is 5.97 Å². The van der Waals surface area contributed by atoms with Crippen molar-refractivity contribution in [2.75, 3.05) is 5.75 Å². The van der Waals surface area contributed by atoms with Crippen LogP contribution in [0.5, 0.6) is 5.75 Å². The minimum atomic E-state index is -0.931. The molecule has 8 heteroatoms. The number of aromatic hydroxyl groups is 1. The molecule has 1 heterocycles. The number of carboxylic acids is 1. The van der Waals surface area contributed by atoms with Crippen molar-refractivity contribution in [3.63, 3.8) is 0 Å². The number of aliphatic carboxylic acids is 1. The van der Waals surface area contributed by atoms with Crippen molar-refractivity contribution in [3.8, 4) is 17.1 Å². The molecule has 0 aliphatic carbocycles. The average Bonchev–Trinajstić information content (AvgIpc) is 2.82. The Balaban J connectivity index is 2.45. The van der Waals surface area contributed by atoms with Gasteiger partial charge < -0.3 is 10.2 Å². The summed E-state index contributed by atoms with van der Waals surface area (Å²) >= 11 is 4.41. The lowest BCUT2D eigenvalue weighted by Gasteiger charge is -2.08. The van der Waals surface area contributed by atoms with Gasteiger partial charge in [-0.05, 0) is 18.2 Å². The van der Waals surface area contributed by atoms with Crippen LogP contribution in [0, 0.1) is 0 Å². The first-order chi connectivity index (χ1) is 10.0. The molecule has 0 bridgehead atoms. The zero-order valence-electron chi connectivity index (χ0n) is 10.9. The summed E-state index contributed by atoms with van der Waals surface area (Å²) in [5.74, 6) is -0.507. The third-order valence-electron chi connectivity index (χ3n) is 2.55. The van der Waals surface area contributed by atoms with Gasteiger partial charge in [-0.1, -0.05) is 33.8 Å². The number of hydrogen-bond donors (Lipinski definition) is 2. The molecule has 0 saturated carbocycles. The molecule has 2 N–H and O–H groups in total. The smallest absolute Gasteiger partial charge is 0.313 e. The number of halogens is 1. The van der Waals surface area contributed by atoms with Crippen molar-refractivity contribution >= 4 is 33.7 Å². The second-order valence-corrected chi connectivity index (χ2v) is 5.91. The number of thioether (sulfide) groups is 1. The maximum atomic E-state index is 10.7. The lowest BCUT2D eigenvalue weighted by atomic mass is 10.2. The predicted molar refractivity (Wildman–Crippen MR) is 83.4 cm³/mol. The summed E-state index contributed by atoms with van der Waals surface area (Å²) in [6, 6.07) is 4.99. The van der Waals surface area contributed by atoms with Crippen molar-refractivity contribution in [1.82, 2.24) is 14.8 Å². The first-order valence-electron chi connectivity index (χ1n) is 5.90. The highest BCUT2D eigenvalue weighted by Gasteiger charge is 2.17. The molecule has 0 atom stereocenters. The van der Waals surface area contributed by atoms with Gasteiger partial charge in [0, 0.05) is 11.0 Å². The third kappa shape index (κ3) is 3.64. The van der Waals surface area contributed by atoms with Crippen LogP contribution < -0.4 is 0 Å². The Labute approximate surface area is 133 Å². The molecule has 0 fully saturated rings. The highest BCUT2D eigenvalue weighted by Crippen LogP contribution is 2.32. The SMILES string of the molecule is C=CCn1c(SCC(=O)O)nnc1-c1cc(Br)ccc1O. The van der Waals surface area contributed by atoms with E-state index in [0.29, 0.717) is 23.1 Å². The van der Waals surface area contributed by atoms with Gasteiger partial charge in [-0.15, -0.1) is 16.8 Å². The number of aromatic nitrogens is 3. The van der Waals surface area contributed by atoms with E-state index >= 15 is 0 Å². The van der Waals surface area contributed by atoms with E-state index in [1.807, 2.05) is 0 Å². The Morgan fingerprint density at radius 2 is 2.24 bits per heavy atom. The molecular weight excluding hydrogens is 358 g/mol. The van der Waals surface area contributed by atoms with Crippen molar-refractivity contribution in [1.29, 1.82) is 0 Å². The van der Waals surface area contributed by atoms with Gasteiger partial charge in [0.15, 0.2) is 11.0 Å². The van der Waals surface area contributed by atoms with Gasteiger partial charge in [0.05, 0.1) is 11.3 Å². The molecular formula is C13H12BrN3O3S. The molecule has 1 aromatic heterocycles. The molecule has 0 unspecified atom stereocenters. The van der Waals surface area contributed by atoms with Gasteiger partial charge in [0.2, 0.25) is 0 Å². The fourth-order valence-corrected chi connectivity index (χ4v) is 2.73. The quantitative estimate of drug-likeness (QED) is 0.601. The maximum Gasteiger partial charge on any atom is 0.313 e. The number of carboxylic acid groups (broad SMARTS) is 1. The van der Waals surface area contributed by atoms with E-state index in [2.05, 4.69) is 32.7 Å². The lowest BCUT2D eigenvalue weighted by molar-refractivity contribution is -0.133. The molecule has 6 nitrogen and oxygen atoms in total. The van der Waals surface area contributed by atoms with Crippen LogP contribution in [0.2, 0.25) is 0 Å². The van der Waals surface area contributed by atoms with E-state index in [4.69, 9.17) is 5.11 Å². The van der Waals surface area contributed by atoms with Gasteiger partial charge in [-0.2, -0.15) is 0 Å². The fourth-order valence-electron chi connectivity index (χ4n) is 1.70. The molecule has 110 valence electrons. The lowest BCUT2D eigenvalue weighted by Crippen LogP contribution is -2.04. The molecule has 21 heavy (non-hydrogen) atoms. The molecule has 0 radical (unpaired) electrons. The number of phenolic OH excluding ortho intramolecular Hbond substituents is 1. The highest BCUT2D eigenvalue weighted by atomic mass is 79.9. The summed E-state index contributed by atoms with van der Waals surface area (Å²) in [7, 11) is 0. The zero-order chi connectivity index (χ0) is 15.4. The number of rotatable bonds is 6. The normalized spacial score (nSPS) is 10.5. The number of carbonyl (C=O) groups is 1. The van der Waals surface area contributed by atoms with Gasteiger partial charge in [-0.25, -0.2) is 0 Å². The summed E-state index contributed by atoms with van der Waals surface area (Å²) in [5.41, 5.74) is 0.515. The summed E-state index contributed by atoms with van der Waals surface area (Å²) in [6.07, 6.45) is 1.66. The van der Waals surface area contributed by atoms with Crippen LogP contribution >= 0.6 is 27.7 Å². The molecule has 2 rings (SSSR count). The zero-order valence-corrected chi connectivity index (χ0v) is 13.3. The molecule has 0 aliphatic rings. The second-order valence-electron chi connectivity index (χ2n) is 4.05. The molecule has 0 aliphatic heterocycles. The number of benzene rings is 1. The van der Waals surface area contributed by atoms with E-state index in [9.17, 15) is 9.90 Å². The van der Waals surface area contributed by atoms with E-state index in [0.717, 1.165) is 16.2 Å². The fraction of sp³-hybridized carbons (Fsp3) is 0.154. The molecule has 2 aromatic rings. The van der Waals surface area contributed by atoms with Crippen LogP contribution in [0.25, 0.3) is 11.4 Å². The van der Waals surface area contributed by atoms with Crippen LogP contribution in [0.3, 0.4) is 0 Å². The average molecular weight is 370 g/mol. The standard InChI is InChI=1S/C13H12BrN3O3S/c1-2-5-17-12(9-6-8(14)3-4-10(9)18)15-16-13(17)21-7-11(19)20/h2-4,6,18H,1,5,7H2,(H,19,20). The molecule has 1 aromatic carbocycles. The van der Waals surface area contributed by atoms with Crippen molar-refractivity contribution in [2.24, 2.45) is 0 Å². The minimum absolute atomic E-state index is 0.0747. The Hall–Kier alpha value is -1.80. The van der Waals surface area contributed by atoms with Crippen LogP contribution in [0.4, 0.5) is 0 Å². The van der Waals surface area contributed by atoms with Crippen LogP contribution in [-0.2, 0) is 11.3 Å². The number of nitrogens with zero attached hydrogens (tertiary/aromatic N) is 3. The van der Waals surface area contributed by atoms with Crippen LogP contribution in [0.1, 0.15) is 0 Å². The Morgan fingerprint density at radius 3 is 2.90 bits per heavy atom. The number of allylic oxidation sites excluding steroid dienone is 1. The first-order valence-corrected chi connectivity index (χ1v) is 7.68. The second kappa shape index (κ2) is 6.77. The maximum absolute atomic E-state index is 10.7. The summed E-state index contributed by atoms with van der Waals surface area (Å²) in [5, 5.41) is 27.2. The molecule has 0 saturated heterocycles. The van der Waals surface area contributed by atoms with Gasteiger partial charge >= 0.3 is 5.97 Å². The van der Waals surface area contributed by atoms with E-state index in [1.54, 1.807) is 28.8 Å². The predicted octanol–water partition coefficient (Wildman–Crippen LogP) is 2.78. The van der Waals surface area contributed by atoms with Crippen LogP contribution in [0.15, 0.2) is 40.5 Å². The monoisotopic (exact) mass is 369 g/mol. The van der Waals surface area contributed by atoms with E-state index in [-0.39, 0.29) is 11.5 Å². The van der Waals surface area contributed by atoms with Crippen molar-refractivity contribution < 1.29 is 15.0 Å². The molecule has 0 amide bonds. The summed E-state index contributed by atoms with van der Waals surface area (Å²) in [4.78, 5) is 10.7. The Morgan fingerprint density at radius 1 is 1.48 bits per heavy atom. The summed E-state index contributed by atoms with van der Waals surface area (Å²) in [6.45, 7) is 4.09. The molecule has 0 spiro atoms. The summed E-state index contributed by atoms with van der Waals surface area (Å²) < 4.78 is 2.51. The van der Waals surface area contributed by atoms with Gasteiger partial charge in [-0.3, -0.25) is 9.36 Å².